The van der Waals surface area contributed by atoms with Gasteiger partial charge in [0.25, 0.3) is 0 Å². The second kappa shape index (κ2) is 5.87. The van der Waals surface area contributed by atoms with Crippen molar-refractivity contribution in [3.05, 3.63) is 0 Å². The van der Waals surface area contributed by atoms with Gasteiger partial charge in [-0.15, -0.1) is 0 Å². The van der Waals surface area contributed by atoms with Crippen LogP contribution in [0.3, 0.4) is 0 Å². The number of urea groups is 1. The number of amides is 2. The van der Waals surface area contributed by atoms with E-state index in [4.69, 9.17) is 14.9 Å². The predicted octanol–water partition coefficient (Wildman–Crippen LogP) is -0.219. The molecule has 19 heavy (non-hydrogen) atoms. The number of carboxylic acid groups (broad SMARTS) is 2. The number of aliphatic carboxylic acids is 2. The van der Waals surface area contributed by atoms with E-state index in [0.717, 1.165) is 0 Å². The highest BCUT2D eigenvalue weighted by atomic mass is 16.5. The van der Waals surface area contributed by atoms with Crippen LogP contribution in [0, 0.1) is 0 Å². The van der Waals surface area contributed by atoms with E-state index in [1.54, 1.807) is 13.8 Å². The van der Waals surface area contributed by atoms with Crippen LogP contribution in [0.1, 0.15) is 26.7 Å². The first-order valence-corrected chi connectivity index (χ1v) is 5.89. The van der Waals surface area contributed by atoms with E-state index < -0.39 is 36.0 Å². The number of rotatable bonds is 5. The summed E-state index contributed by atoms with van der Waals surface area (Å²) in [5, 5.41) is 22.2. The molecule has 1 saturated heterocycles. The van der Waals surface area contributed by atoms with Gasteiger partial charge in [0, 0.05) is 6.61 Å². The Morgan fingerprint density at radius 2 is 2.05 bits per heavy atom. The van der Waals surface area contributed by atoms with Crippen molar-refractivity contribution in [1.82, 2.24) is 10.6 Å². The minimum Gasteiger partial charge on any atom is -0.481 e. The average Bonchev–Trinajstić information content (AvgIpc) is 2.57. The zero-order valence-corrected chi connectivity index (χ0v) is 10.8. The first-order valence-electron chi connectivity index (χ1n) is 5.89. The normalized spacial score (nSPS) is 27.6. The van der Waals surface area contributed by atoms with Gasteiger partial charge in [-0.3, -0.25) is 4.79 Å². The first-order chi connectivity index (χ1) is 8.74. The Labute approximate surface area is 110 Å². The number of ether oxygens (including phenoxy) is 1. The standard InChI is InChI=1S/C11H18N2O6/c1-6-11(2,3-4-19-6)13-10(18)12-7(9(16)17)5-8(14)15/h6-7H,3-5H2,1-2H3,(H,14,15)(H,16,17)(H2,12,13,18)/t6?,7-,11?/m1/s1. The lowest BCUT2D eigenvalue weighted by atomic mass is 9.95. The van der Waals surface area contributed by atoms with Crippen molar-refractivity contribution in [1.29, 1.82) is 0 Å². The third-order valence-corrected chi connectivity index (χ3v) is 3.27. The molecular weight excluding hydrogens is 256 g/mol. The quantitative estimate of drug-likeness (QED) is 0.549. The molecular formula is C11H18N2O6. The van der Waals surface area contributed by atoms with Gasteiger partial charge < -0.3 is 25.6 Å². The summed E-state index contributed by atoms with van der Waals surface area (Å²) in [6.45, 7) is 4.10. The van der Waals surface area contributed by atoms with Crippen molar-refractivity contribution in [2.45, 2.75) is 44.4 Å². The van der Waals surface area contributed by atoms with Crippen LogP contribution in [0.4, 0.5) is 4.79 Å². The second-order valence-corrected chi connectivity index (χ2v) is 4.77. The third kappa shape index (κ3) is 4.09. The molecule has 4 N–H and O–H groups in total. The Hall–Kier alpha value is -1.83. The summed E-state index contributed by atoms with van der Waals surface area (Å²) in [5.74, 6) is -2.69. The molecule has 1 fully saturated rings. The van der Waals surface area contributed by atoms with Crippen LogP contribution in [-0.2, 0) is 14.3 Å². The highest BCUT2D eigenvalue weighted by Crippen LogP contribution is 2.24. The van der Waals surface area contributed by atoms with Gasteiger partial charge in [-0.05, 0) is 20.3 Å². The Balaban J connectivity index is 2.58. The summed E-state index contributed by atoms with van der Waals surface area (Å²) < 4.78 is 5.33. The average molecular weight is 274 g/mol. The molecule has 0 saturated carbocycles. The van der Waals surface area contributed by atoms with E-state index in [2.05, 4.69) is 10.6 Å². The van der Waals surface area contributed by atoms with Crippen molar-refractivity contribution in [3.8, 4) is 0 Å². The molecule has 8 heteroatoms. The monoisotopic (exact) mass is 274 g/mol. The number of nitrogens with one attached hydrogen (secondary N) is 2. The van der Waals surface area contributed by atoms with Crippen LogP contribution >= 0.6 is 0 Å². The van der Waals surface area contributed by atoms with E-state index in [-0.39, 0.29) is 6.10 Å². The zero-order valence-electron chi connectivity index (χ0n) is 10.8. The van der Waals surface area contributed by atoms with Crippen LogP contribution in [0.25, 0.3) is 0 Å². The summed E-state index contributed by atoms with van der Waals surface area (Å²) in [6, 6.07) is -2.17. The molecule has 0 spiro atoms. The Morgan fingerprint density at radius 3 is 2.47 bits per heavy atom. The molecule has 2 amide bonds. The maximum Gasteiger partial charge on any atom is 0.326 e. The minimum absolute atomic E-state index is 0.194. The lowest BCUT2D eigenvalue weighted by Crippen LogP contribution is -2.56. The summed E-state index contributed by atoms with van der Waals surface area (Å²) in [4.78, 5) is 33.0. The number of carbonyl (C=O) groups excluding carboxylic acids is 1. The molecule has 1 aliphatic rings. The fraction of sp³-hybridized carbons (Fsp3) is 0.727. The lowest BCUT2D eigenvalue weighted by Gasteiger charge is -2.29. The van der Waals surface area contributed by atoms with Crippen LogP contribution in [-0.4, -0.2) is 52.5 Å². The molecule has 1 rings (SSSR count). The molecule has 3 atom stereocenters. The summed E-state index contributed by atoms with van der Waals surface area (Å²) in [5.41, 5.74) is -0.587. The number of hydrogen-bond acceptors (Lipinski definition) is 4. The molecule has 0 bridgehead atoms. The lowest BCUT2D eigenvalue weighted by molar-refractivity contribution is -0.145. The summed E-state index contributed by atoms with van der Waals surface area (Å²) in [7, 11) is 0. The molecule has 108 valence electrons. The first kappa shape index (κ1) is 15.2. The van der Waals surface area contributed by atoms with Crippen molar-refractivity contribution in [3.63, 3.8) is 0 Å². The van der Waals surface area contributed by atoms with Crippen molar-refractivity contribution in [2.75, 3.05) is 6.61 Å². The fourth-order valence-corrected chi connectivity index (χ4v) is 1.83. The van der Waals surface area contributed by atoms with Gasteiger partial charge in [0.05, 0.1) is 18.1 Å². The fourth-order valence-electron chi connectivity index (χ4n) is 1.83. The molecule has 1 aliphatic heterocycles. The highest BCUT2D eigenvalue weighted by molar-refractivity contribution is 5.86. The van der Waals surface area contributed by atoms with Crippen LogP contribution in [0.15, 0.2) is 0 Å². The number of hydrogen-bond donors (Lipinski definition) is 4. The largest absolute Gasteiger partial charge is 0.481 e. The van der Waals surface area contributed by atoms with E-state index in [9.17, 15) is 14.4 Å². The summed E-state index contributed by atoms with van der Waals surface area (Å²) in [6.07, 6.45) is -0.259. The topological polar surface area (TPSA) is 125 Å². The Morgan fingerprint density at radius 1 is 1.42 bits per heavy atom. The smallest absolute Gasteiger partial charge is 0.326 e. The van der Waals surface area contributed by atoms with Crippen molar-refractivity contribution < 1.29 is 29.3 Å². The Kier molecular flexibility index (Phi) is 4.71. The second-order valence-electron chi connectivity index (χ2n) is 4.77. The molecule has 0 radical (unpaired) electrons. The van der Waals surface area contributed by atoms with Gasteiger partial charge in [-0.25, -0.2) is 9.59 Å². The third-order valence-electron chi connectivity index (χ3n) is 3.27. The van der Waals surface area contributed by atoms with Crippen LogP contribution in [0.5, 0.6) is 0 Å². The maximum atomic E-state index is 11.7. The molecule has 0 aromatic rings. The van der Waals surface area contributed by atoms with Gasteiger partial charge in [0.2, 0.25) is 0 Å². The predicted molar refractivity (Wildman–Crippen MR) is 63.8 cm³/mol. The van der Waals surface area contributed by atoms with Crippen molar-refractivity contribution >= 4 is 18.0 Å². The molecule has 0 aromatic carbocycles. The van der Waals surface area contributed by atoms with E-state index >= 15 is 0 Å². The molecule has 0 aliphatic carbocycles. The molecule has 0 aromatic heterocycles. The SMILES string of the molecule is CC1OCCC1(C)NC(=O)N[C@H](CC(=O)O)C(=O)O. The molecule has 2 unspecified atom stereocenters. The van der Waals surface area contributed by atoms with E-state index in [0.29, 0.717) is 13.0 Å². The maximum absolute atomic E-state index is 11.7. The Bertz CT molecular complexity index is 385. The van der Waals surface area contributed by atoms with E-state index in [1.807, 2.05) is 0 Å². The minimum atomic E-state index is -1.46. The number of carbonyl (C=O) groups is 3. The van der Waals surface area contributed by atoms with Crippen molar-refractivity contribution in [2.24, 2.45) is 0 Å². The highest BCUT2D eigenvalue weighted by Gasteiger charge is 2.39. The molecule has 8 nitrogen and oxygen atoms in total. The zero-order chi connectivity index (χ0) is 14.6. The van der Waals surface area contributed by atoms with Gasteiger partial charge in [-0.1, -0.05) is 0 Å². The van der Waals surface area contributed by atoms with Gasteiger partial charge >= 0.3 is 18.0 Å². The van der Waals surface area contributed by atoms with Gasteiger partial charge in [0.15, 0.2) is 0 Å². The summed E-state index contributed by atoms with van der Waals surface area (Å²) >= 11 is 0. The van der Waals surface area contributed by atoms with E-state index in [1.165, 1.54) is 0 Å². The van der Waals surface area contributed by atoms with Crippen LogP contribution < -0.4 is 10.6 Å². The van der Waals surface area contributed by atoms with Gasteiger partial charge in [0.1, 0.15) is 6.04 Å². The number of carboxylic acids is 2. The molecule has 1 heterocycles. The van der Waals surface area contributed by atoms with Gasteiger partial charge in [-0.2, -0.15) is 0 Å². The van der Waals surface area contributed by atoms with Crippen LogP contribution in [0.2, 0.25) is 0 Å².